The van der Waals surface area contributed by atoms with Crippen molar-refractivity contribution in [2.75, 3.05) is 13.2 Å². The highest BCUT2D eigenvalue weighted by Gasteiger charge is 2.25. The van der Waals surface area contributed by atoms with Crippen LogP contribution in [-0.4, -0.2) is 34.8 Å². The van der Waals surface area contributed by atoms with Gasteiger partial charge in [0.2, 0.25) is 0 Å². The Morgan fingerprint density at radius 3 is 2.16 bits per heavy atom. The number of carbonyl (C=O) groups is 2. The van der Waals surface area contributed by atoms with Crippen molar-refractivity contribution < 1.29 is 24.2 Å². The van der Waals surface area contributed by atoms with Crippen LogP contribution >= 0.6 is 11.6 Å². The van der Waals surface area contributed by atoms with Crippen molar-refractivity contribution in [3.05, 3.63) is 155 Å². The van der Waals surface area contributed by atoms with Gasteiger partial charge in [-0.05, 0) is 65.2 Å². The van der Waals surface area contributed by atoms with Crippen LogP contribution in [-0.2, 0) is 16.0 Å². The van der Waals surface area contributed by atoms with Crippen molar-refractivity contribution in [3.8, 4) is 5.75 Å². The molecule has 5 rings (SSSR count). The number of fused-ring (bicyclic) bond motifs is 1. The zero-order valence-corrected chi connectivity index (χ0v) is 24.1. The zero-order valence-electron chi connectivity index (χ0n) is 23.4. The second-order valence-electron chi connectivity index (χ2n) is 9.80. The van der Waals surface area contributed by atoms with Crippen LogP contribution in [0.5, 0.6) is 5.75 Å². The van der Waals surface area contributed by atoms with Gasteiger partial charge in [-0.2, -0.15) is 0 Å². The molecule has 0 unspecified atom stereocenters. The van der Waals surface area contributed by atoms with E-state index in [4.69, 9.17) is 21.1 Å². The summed E-state index contributed by atoms with van der Waals surface area (Å²) in [7, 11) is 0. The number of aromatic carboxylic acids is 1. The molecule has 1 N–H and O–H groups in total. The molecule has 0 aliphatic rings. The molecule has 1 heterocycles. The largest absolute Gasteiger partial charge is 0.493 e. The van der Waals surface area contributed by atoms with Gasteiger partial charge in [0, 0.05) is 34.1 Å². The summed E-state index contributed by atoms with van der Waals surface area (Å²) in [6.45, 7) is 4.04. The fourth-order valence-corrected chi connectivity index (χ4v) is 5.33. The van der Waals surface area contributed by atoms with Crippen molar-refractivity contribution in [2.24, 2.45) is 0 Å². The third kappa shape index (κ3) is 6.88. The van der Waals surface area contributed by atoms with Crippen LogP contribution < -0.4 is 4.74 Å². The van der Waals surface area contributed by atoms with Gasteiger partial charge in [0.05, 0.1) is 18.2 Å². The van der Waals surface area contributed by atoms with Gasteiger partial charge in [0.15, 0.2) is 0 Å². The summed E-state index contributed by atoms with van der Waals surface area (Å²) in [5.74, 6) is -0.916. The van der Waals surface area contributed by atoms with Gasteiger partial charge in [0.1, 0.15) is 12.4 Å². The lowest BCUT2D eigenvalue weighted by molar-refractivity contribution is -0.136. The molecular formula is C36H30ClNO5. The van der Waals surface area contributed by atoms with Crippen LogP contribution in [0.3, 0.4) is 0 Å². The quantitative estimate of drug-likeness (QED) is 0.0903. The van der Waals surface area contributed by atoms with E-state index in [0.29, 0.717) is 23.8 Å². The van der Waals surface area contributed by atoms with Gasteiger partial charge < -0.3 is 19.1 Å². The molecular weight excluding hydrogens is 562 g/mol. The third-order valence-electron chi connectivity index (χ3n) is 7.04. The highest BCUT2D eigenvalue weighted by atomic mass is 35.5. The SMILES string of the molecule is C=CCOC(=O)/C=C/c1c(CCOc2ccc(C(=O)O)cc2)c2cc(Cl)ccc2n1C(c1ccccc1)c1ccccc1. The van der Waals surface area contributed by atoms with Crippen LogP contribution in [0.2, 0.25) is 5.02 Å². The minimum absolute atomic E-state index is 0.111. The maximum atomic E-state index is 12.6. The number of hydrogen-bond donors (Lipinski definition) is 1. The molecule has 0 saturated carbocycles. The Hall–Kier alpha value is -5.07. The lowest BCUT2D eigenvalue weighted by Crippen LogP contribution is -2.14. The molecule has 1 aromatic heterocycles. The van der Waals surface area contributed by atoms with E-state index in [1.165, 1.54) is 24.3 Å². The standard InChI is InChI=1S/C36H30ClNO5/c1-2-22-43-34(39)20-19-32-30(21-23-42-29-16-13-27(14-17-29)36(40)41)31-24-28(37)15-18-33(31)38(32)35(25-9-5-3-6-10-25)26-11-7-4-8-12-26/h2-20,24,35H,1,21-23H2,(H,40,41)/b20-19+. The number of benzene rings is 4. The van der Waals surface area contributed by atoms with E-state index >= 15 is 0 Å². The van der Waals surface area contributed by atoms with Crippen molar-refractivity contribution >= 4 is 40.5 Å². The number of hydrogen-bond acceptors (Lipinski definition) is 4. The number of nitrogens with zero attached hydrogens (tertiary/aromatic N) is 1. The lowest BCUT2D eigenvalue weighted by atomic mass is 9.98. The van der Waals surface area contributed by atoms with Gasteiger partial charge in [-0.3, -0.25) is 0 Å². The van der Waals surface area contributed by atoms with Crippen LogP contribution in [0.1, 0.15) is 38.8 Å². The van der Waals surface area contributed by atoms with Gasteiger partial charge >= 0.3 is 11.9 Å². The normalized spacial score (nSPS) is 11.2. The molecule has 5 aromatic rings. The number of esters is 1. The fraction of sp³-hybridized carbons (Fsp3) is 0.111. The molecule has 4 aromatic carbocycles. The molecule has 0 atom stereocenters. The van der Waals surface area contributed by atoms with Crippen LogP contribution in [0.25, 0.3) is 17.0 Å². The van der Waals surface area contributed by atoms with Crippen molar-refractivity contribution in [3.63, 3.8) is 0 Å². The molecule has 6 nitrogen and oxygen atoms in total. The van der Waals surface area contributed by atoms with E-state index in [-0.39, 0.29) is 18.2 Å². The number of halogens is 1. The minimum Gasteiger partial charge on any atom is -0.493 e. The van der Waals surface area contributed by atoms with E-state index in [0.717, 1.165) is 33.3 Å². The predicted molar refractivity (Wildman–Crippen MR) is 170 cm³/mol. The van der Waals surface area contributed by atoms with Crippen LogP contribution in [0, 0.1) is 0 Å². The smallest absolute Gasteiger partial charge is 0.335 e. The van der Waals surface area contributed by atoms with Crippen LogP contribution in [0.4, 0.5) is 0 Å². The molecule has 0 amide bonds. The molecule has 43 heavy (non-hydrogen) atoms. The summed E-state index contributed by atoms with van der Waals surface area (Å²) in [5, 5.41) is 10.7. The Kier molecular flexibility index (Phi) is 9.39. The minimum atomic E-state index is -0.995. The summed E-state index contributed by atoms with van der Waals surface area (Å²) >= 11 is 6.53. The first-order valence-electron chi connectivity index (χ1n) is 13.8. The van der Waals surface area contributed by atoms with E-state index in [2.05, 4.69) is 35.4 Å². The van der Waals surface area contributed by atoms with Crippen molar-refractivity contribution in [1.82, 2.24) is 4.57 Å². The highest BCUT2D eigenvalue weighted by molar-refractivity contribution is 6.31. The van der Waals surface area contributed by atoms with Gasteiger partial charge in [-0.1, -0.05) is 84.9 Å². The average molecular weight is 592 g/mol. The maximum absolute atomic E-state index is 12.6. The van der Waals surface area contributed by atoms with Gasteiger partial charge in [-0.25, -0.2) is 9.59 Å². The number of aromatic nitrogens is 1. The molecule has 0 aliphatic carbocycles. The number of rotatable bonds is 12. The molecule has 216 valence electrons. The Morgan fingerprint density at radius 2 is 1.56 bits per heavy atom. The van der Waals surface area contributed by atoms with E-state index in [1.54, 1.807) is 18.2 Å². The molecule has 0 spiro atoms. The predicted octanol–water partition coefficient (Wildman–Crippen LogP) is 7.99. The highest BCUT2D eigenvalue weighted by Crippen LogP contribution is 2.38. The first-order valence-corrected chi connectivity index (χ1v) is 14.2. The summed E-state index contributed by atoms with van der Waals surface area (Å²) in [4.78, 5) is 23.8. The Balaban J connectivity index is 1.64. The second-order valence-corrected chi connectivity index (χ2v) is 10.2. The van der Waals surface area contributed by atoms with Crippen LogP contribution in [0.15, 0.2) is 122 Å². The molecule has 0 radical (unpaired) electrons. The molecule has 7 heteroatoms. The first kappa shape index (κ1) is 29.4. The van der Waals surface area contributed by atoms with E-state index in [9.17, 15) is 14.7 Å². The second kappa shape index (κ2) is 13.7. The number of carboxylic acid groups (broad SMARTS) is 1. The first-order chi connectivity index (χ1) is 21.0. The monoisotopic (exact) mass is 591 g/mol. The summed E-state index contributed by atoms with van der Waals surface area (Å²) in [6, 6.07) is 32.3. The fourth-order valence-electron chi connectivity index (χ4n) is 5.16. The number of ether oxygens (including phenoxy) is 2. The topological polar surface area (TPSA) is 77.8 Å². The molecule has 0 saturated heterocycles. The Morgan fingerprint density at radius 1 is 0.907 bits per heavy atom. The van der Waals surface area contributed by atoms with E-state index < -0.39 is 11.9 Å². The van der Waals surface area contributed by atoms with Gasteiger partial charge in [0.25, 0.3) is 0 Å². The van der Waals surface area contributed by atoms with Crippen molar-refractivity contribution in [1.29, 1.82) is 0 Å². The molecule has 0 aliphatic heterocycles. The summed E-state index contributed by atoms with van der Waals surface area (Å²) in [5.41, 5.74) is 5.05. The molecule has 0 fully saturated rings. The summed E-state index contributed by atoms with van der Waals surface area (Å²) < 4.78 is 13.5. The number of carboxylic acids is 1. The Bertz CT molecular complexity index is 1720. The maximum Gasteiger partial charge on any atom is 0.335 e. The van der Waals surface area contributed by atoms with Gasteiger partial charge in [-0.15, -0.1) is 0 Å². The Labute approximate surface area is 255 Å². The molecule has 0 bridgehead atoms. The summed E-state index contributed by atoms with van der Waals surface area (Å²) in [6.07, 6.45) is 5.23. The lowest BCUT2D eigenvalue weighted by Gasteiger charge is -2.24. The third-order valence-corrected chi connectivity index (χ3v) is 7.28. The zero-order chi connectivity index (χ0) is 30.2. The number of carbonyl (C=O) groups excluding carboxylic acids is 1. The van der Waals surface area contributed by atoms with Crippen molar-refractivity contribution in [2.45, 2.75) is 12.5 Å². The average Bonchev–Trinajstić information content (AvgIpc) is 3.32. The van der Waals surface area contributed by atoms with E-state index in [1.807, 2.05) is 54.6 Å².